The minimum absolute atomic E-state index is 0.246. The summed E-state index contributed by atoms with van der Waals surface area (Å²) < 4.78 is 7.42. The normalized spacial score (nSPS) is 20.1. The standard InChI is InChI=1S/C19H27N5O2/c1-13-17(14(2)26-22-13)8-10-19(25)23-11-3-4-15(23)7-9-18-21-20-12-24(18)16-5-6-16/h12,15-16H,3-11H2,1-2H3. The van der Waals surface area contributed by atoms with Gasteiger partial charge < -0.3 is 14.0 Å². The molecule has 0 radical (unpaired) electrons. The number of hydrogen-bond donors (Lipinski definition) is 0. The van der Waals surface area contributed by atoms with E-state index < -0.39 is 0 Å². The molecule has 1 aliphatic heterocycles. The van der Waals surface area contributed by atoms with E-state index in [2.05, 4.69) is 24.8 Å². The molecule has 2 aromatic heterocycles. The van der Waals surface area contributed by atoms with Gasteiger partial charge in [0.15, 0.2) is 0 Å². The van der Waals surface area contributed by atoms with Gasteiger partial charge in [-0.1, -0.05) is 5.16 Å². The molecule has 0 bridgehead atoms. The first-order valence-electron chi connectivity index (χ1n) is 9.73. The van der Waals surface area contributed by atoms with Crippen LogP contribution in [0.5, 0.6) is 0 Å². The molecule has 0 N–H and O–H groups in total. The zero-order valence-electron chi connectivity index (χ0n) is 15.6. The van der Waals surface area contributed by atoms with Gasteiger partial charge in [-0.15, -0.1) is 10.2 Å². The van der Waals surface area contributed by atoms with Gasteiger partial charge in [-0.05, 0) is 52.4 Å². The Morgan fingerprint density at radius 3 is 2.85 bits per heavy atom. The second-order valence-electron chi connectivity index (χ2n) is 7.61. The molecule has 1 saturated carbocycles. The third kappa shape index (κ3) is 3.52. The fourth-order valence-electron chi connectivity index (χ4n) is 4.10. The van der Waals surface area contributed by atoms with Crippen LogP contribution in [-0.4, -0.2) is 43.3 Å². The molecule has 0 spiro atoms. The van der Waals surface area contributed by atoms with Crippen molar-refractivity contribution in [2.75, 3.05) is 6.54 Å². The Labute approximate surface area is 153 Å². The van der Waals surface area contributed by atoms with Gasteiger partial charge in [0.2, 0.25) is 5.91 Å². The molecule has 2 aliphatic rings. The molecule has 1 unspecified atom stereocenters. The minimum Gasteiger partial charge on any atom is -0.361 e. The van der Waals surface area contributed by atoms with Crippen LogP contribution in [0.4, 0.5) is 0 Å². The maximum atomic E-state index is 12.8. The maximum absolute atomic E-state index is 12.8. The highest BCUT2D eigenvalue weighted by atomic mass is 16.5. The summed E-state index contributed by atoms with van der Waals surface area (Å²) in [6.45, 7) is 4.72. The van der Waals surface area contributed by atoms with E-state index in [9.17, 15) is 4.79 Å². The van der Waals surface area contributed by atoms with Crippen LogP contribution in [0, 0.1) is 13.8 Å². The zero-order valence-corrected chi connectivity index (χ0v) is 15.6. The van der Waals surface area contributed by atoms with E-state index in [0.29, 0.717) is 24.9 Å². The third-order valence-electron chi connectivity index (χ3n) is 5.76. The summed E-state index contributed by atoms with van der Waals surface area (Å²) in [5.74, 6) is 2.14. The predicted molar refractivity (Wildman–Crippen MR) is 95.6 cm³/mol. The van der Waals surface area contributed by atoms with Crippen LogP contribution in [0.15, 0.2) is 10.9 Å². The average molecular weight is 357 g/mol. The number of carbonyl (C=O) groups excluding carboxylic acids is 1. The second kappa shape index (κ2) is 7.21. The number of amides is 1. The SMILES string of the molecule is Cc1noc(C)c1CCC(=O)N1CCCC1CCc1nncn1C1CC1. The highest BCUT2D eigenvalue weighted by Crippen LogP contribution is 2.35. The van der Waals surface area contributed by atoms with Gasteiger partial charge in [0.05, 0.1) is 5.69 Å². The Morgan fingerprint density at radius 1 is 1.27 bits per heavy atom. The number of carbonyl (C=O) groups is 1. The lowest BCUT2D eigenvalue weighted by Gasteiger charge is -2.25. The molecule has 2 aromatic rings. The summed E-state index contributed by atoms with van der Waals surface area (Å²) in [4.78, 5) is 14.8. The van der Waals surface area contributed by atoms with Gasteiger partial charge in [0.1, 0.15) is 17.9 Å². The predicted octanol–water partition coefficient (Wildman–Crippen LogP) is 2.77. The Bertz CT molecular complexity index is 757. The lowest BCUT2D eigenvalue weighted by molar-refractivity contribution is -0.132. The summed E-state index contributed by atoms with van der Waals surface area (Å²) in [5.41, 5.74) is 1.97. The quantitative estimate of drug-likeness (QED) is 0.761. The first kappa shape index (κ1) is 17.2. The molecule has 4 rings (SSSR count). The van der Waals surface area contributed by atoms with E-state index in [4.69, 9.17) is 4.52 Å². The van der Waals surface area contributed by atoms with E-state index in [1.807, 2.05) is 20.2 Å². The molecule has 1 amide bonds. The number of hydrogen-bond acceptors (Lipinski definition) is 5. The lowest BCUT2D eigenvalue weighted by Crippen LogP contribution is -2.36. The molecule has 1 aliphatic carbocycles. The van der Waals surface area contributed by atoms with Crippen LogP contribution < -0.4 is 0 Å². The highest BCUT2D eigenvalue weighted by Gasteiger charge is 2.30. The zero-order chi connectivity index (χ0) is 18.1. The van der Waals surface area contributed by atoms with Crippen LogP contribution >= 0.6 is 0 Å². The maximum Gasteiger partial charge on any atom is 0.223 e. The van der Waals surface area contributed by atoms with Gasteiger partial charge >= 0.3 is 0 Å². The van der Waals surface area contributed by atoms with Crippen molar-refractivity contribution in [2.24, 2.45) is 0 Å². The van der Waals surface area contributed by atoms with Gasteiger partial charge in [-0.25, -0.2) is 0 Å². The Morgan fingerprint density at radius 2 is 2.12 bits per heavy atom. The van der Waals surface area contributed by atoms with Gasteiger partial charge in [0, 0.05) is 37.0 Å². The van der Waals surface area contributed by atoms with Crippen molar-refractivity contribution in [2.45, 2.75) is 77.3 Å². The Hall–Kier alpha value is -2.18. The van der Waals surface area contributed by atoms with Crippen molar-refractivity contribution in [3.8, 4) is 0 Å². The molecule has 140 valence electrons. The average Bonchev–Trinajstić information content (AvgIpc) is 3.04. The summed E-state index contributed by atoms with van der Waals surface area (Å²) in [6.07, 6.45) is 9.62. The second-order valence-corrected chi connectivity index (χ2v) is 7.61. The summed E-state index contributed by atoms with van der Waals surface area (Å²) in [7, 11) is 0. The number of aromatic nitrogens is 4. The molecule has 7 nitrogen and oxygen atoms in total. The van der Waals surface area contributed by atoms with E-state index in [1.165, 1.54) is 12.8 Å². The first-order chi connectivity index (χ1) is 12.6. The van der Waals surface area contributed by atoms with E-state index in [-0.39, 0.29) is 5.91 Å². The topological polar surface area (TPSA) is 77.1 Å². The van der Waals surface area contributed by atoms with Crippen molar-refractivity contribution < 1.29 is 9.32 Å². The molecular weight excluding hydrogens is 330 g/mol. The Balaban J connectivity index is 1.32. The molecule has 2 fully saturated rings. The molecule has 7 heteroatoms. The highest BCUT2D eigenvalue weighted by molar-refractivity contribution is 5.77. The number of aryl methyl sites for hydroxylation is 3. The van der Waals surface area contributed by atoms with Gasteiger partial charge in [-0.2, -0.15) is 0 Å². The fourth-order valence-corrected chi connectivity index (χ4v) is 4.10. The summed E-state index contributed by atoms with van der Waals surface area (Å²) in [6, 6.07) is 0.938. The monoisotopic (exact) mass is 357 g/mol. The van der Waals surface area contributed by atoms with Crippen molar-refractivity contribution in [3.63, 3.8) is 0 Å². The van der Waals surface area contributed by atoms with Crippen LogP contribution in [-0.2, 0) is 17.6 Å². The first-order valence-corrected chi connectivity index (χ1v) is 9.73. The van der Waals surface area contributed by atoms with Crippen LogP contribution in [0.1, 0.15) is 67.4 Å². The fraction of sp³-hybridized carbons (Fsp3) is 0.684. The largest absolute Gasteiger partial charge is 0.361 e. The van der Waals surface area contributed by atoms with Crippen molar-refractivity contribution in [1.82, 2.24) is 24.8 Å². The number of rotatable bonds is 7. The van der Waals surface area contributed by atoms with Crippen molar-refractivity contribution >= 4 is 5.91 Å². The van der Waals surface area contributed by atoms with Gasteiger partial charge in [-0.3, -0.25) is 4.79 Å². The minimum atomic E-state index is 0.246. The van der Waals surface area contributed by atoms with Crippen LogP contribution in [0.25, 0.3) is 0 Å². The summed E-state index contributed by atoms with van der Waals surface area (Å²) >= 11 is 0. The van der Waals surface area contributed by atoms with Gasteiger partial charge in [0.25, 0.3) is 0 Å². The lowest BCUT2D eigenvalue weighted by atomic mass is 10.1. The number of likely N-dealkylation sites (tertiary alicyclic amines) is 1. The molecule has 1 atom stereocenters. The van der Waals surface area contributed by atoms with Crippen molar-refractivity contribution in [3.05, 3.63) is 29.2 Å². The molecule has 26 heavy (non-hydrogen) atoms. The van der Waals surface area contributed by atoms with Crippen LogP contribution in [0.3, 0.4) is 0 Å². The van der Waals surface area contributed by atoms with E-state index in [0.717, 1.165) is 55.1 Å². The molecule has 0 aromatic carbocycles. The van der Waals surface area contributed by atoms with E-state index >= 15 is 0 Å². The Kier molecular flexibility index (Phi) is 4.78. The molecular formula is C19H27N5O2. The third-order valence-corrected chi connectivity index (χ3v) is 5.76. The number of nitrogens with zero attached hydrogens (tertiary/aromatic N) is 5. The van der Waals surface area contributed by atoms with Crippen LogP contribution in [0.2, 0.25) is 0 Å². The summed E-state index contributed by atoms with van der Waals surface area (Å²) in [5, 5.41) is 12.3. The smallest absolute Gasteiger partial charge is 0.223 e. The molecule has 3 heterocycles. The van der Waals surface area contributed by atoms with E-state index in [1.54, 1.807) is 0 Å². The molecule has 1 saturated heterocycles. The van der Waals surface area contributed by atoms with Crippen molar-refractivity contribution in [1.29, 1.82) is 0 Å².